The monoisotopic (exact) mass is 379 g/mol. The van der Waals surface area contributed by atoms with Gasteiger partial charge in [-0.15, -0.1) is 0 Å². The zero-order valence-electron chi connectivity index (χ0n) is 9.78. The van der Waals surface area contributed by atoms with Gasteiger partial charge in [-0.3, -0.25) is 0 Å². The summed E-state index contributed by atoms with van der Waals surface area (Å²) in [6, 6.07) is 1.98. The molecule has 1 atom stereocenters. The molecule has 0 spiro atoms. The molecule has 3 nitrogen and oxygen atoms in total. The molecule has 1 aromatic rings. The van der Waals surface area contributed by atoms with Gasteiger partial charge in [-0.1, -0.05) is 19.1 Å². The fraction of sp³-hybridized carbons (Fsp3) is 0.455. The van der Waals surface area contributed by atoms with Gasteiger partial charge in [0.15, 0.2) is 0 Å². The molecule has 0 bridgehead atoms. The van der Waals surface area contributed by atoms with Crippen molar-refractivity contribution in [3.05, 3.63) is 21.2 Å². The molecule has 0 fully saturated rings. The fourth-order valence-electron chi connectivity index (χ4n) is 1.43. The molecule has 17 heavy (non-hydrogen) atoms. The summed E-state index contributed by atoms with van der Waals surface area (Å²) in [4.78, 5) is 7.10. The van der Waals surface area contributed by atoms with E-state index in [1.807, 2.05) is 13.0 Å². The lowest BCUT2D eigenvalue weighted by Gasteiger charge is -2.26. The van der Waals surface area contributed by atoms with E-state index < -0.39 is 0 Å². The van der Waals surface area contributed by atoms with Crippen molar-refractivity contribution < 1.29 is 0 Å². The van der Waals surface area contributed by atoms with Gasteiger partial charge in [-0.05, 0) is 44.8 Å². The third-order valence-electron chi connectivity index (χ3n) is 2.45. The summed E-state index contributed by atoms with van der Waals surface area (Å²) in [6.07, 6.45) is 1.79. The molecular weight excluding hydrogens is 366 g/mol. The Kier molecular flexibility index (Phi) is 5.82. The molecule has 0 saturated carbocycles. The van der Waals surface area contributed by atoms with E-state index >= 15 is 0 Å². The minimum absolute atomic E-state index is 0.169. The summed E-state index contributed by atoms with van der Waals surface area (Å²) >= 11 is 11.9. The van der Waals surface area contributed by atoms with Gasteiger partial charge in [0, 0.05) is 29.7 Å². The summed E-state index contributed by atoms with van der Waals surface area (Å²) in [5, 5.41) is 0. The number of anilines is 1. The number of rotatable bonds is 5. The molecule has 1 aromatic heterocycles. The number of hydrogen-bond acceptors (Lipinski definition) is 3. The van der Waals surface area contributed by atoms with Crippen molar-refractivity contribution in [1.82, 2.24) is 4.98 Å². The molecule has 2 N–H and O–H groups in total. The van der Waals surface area contributed by atoms with E-state index in [-0.39, 0.29) is 5.92 Å². The fourth-order valence-corrected chi connectivity index (χ4v) is 2.74. The average Bonchev–Trinajstić information content (AvgIpc) is 2.26. The van der Waals surface area contributed by atoms with Crippen LogP contribution in [0, 0.1) is 5.92 Å². The first-order valence-electron chi connectivity index (χ1n) is 5.31. The molecule has 0 aliphatic heterocycles. The zero-order chi connectivity index (χ0) is 13.0. The molecule has 0 aliphatic rings. The number of aromatic nitrogens is 1. The van der Waals surface area contributed by atoms with E-state index in [9.17, 15) is 0 Å². The highest BCUT2D eigenvalue weighted by molar-refractivity contribution is 9.11. The predicted octanol–water partition coefficient (Wildman–Crippen LogP) is 3.36. The molecule has 94 valence electrons. The van der Waals surface area contributed by atoms with Crippen LogP contribution < -0.4 is 10.6 Å². The van der Waals surface area contributed by atoms with Crippen molar-refractivity contribution in [2.24, 2.45) is 11.7 Å². The predicted molar refractivity (Wildman–Crippen MR) is 83.5 cm³/mol. The standard InChI is InChI=1S/C11H15Br2N3S/c1-3-16(6-7(2)10(14)17)11-9(13)4-8(12)5-15-11/h4-5,7H,3,6H2,1-2H3,(H2,14,17). The third kappa shape index (κ3) is 4.19. The number of pyridine rings is 1. The summed E-state index contributed by atoms with van der Waals surface area (Å²) in [6.45, 7) is 5.75. The van der Waals surface area contributed by atoms with Gasteiger partial charge in [0.05, 0.1) is 9.46 Å². The van der Waals surface area contributed by atoms with Crippen LogP contribution in [0.25, 0.3) is 0 Å². The Balaban J connectivity index is 2.90. The van der Waals surface area contributed by atoms with Crippen LogP contribution in [0.5, 0.6) is 0 Å². The van der Waals surface area contributed by atoms with Crippen molar-refractivity contribution in [3.8, 4) is 0 Å². The van der Waals surface area contributed by atoms with Crippen LogP contribution in [0.1, 0.15) is 13.8 Å². The molecule has 1 unspecified atom stereocenters. The second-order valence-corrected chi connectivity index (χ2v) is 6.04. The molecule has 6 heteroatoms. The van der Waals surface area contributed by atoms with Crippen LogP contribution >= 0.6 is 44.1 Å². The number of thiocarbonyl (C=S) groups is 1. The highest BCUT2D eigenvalue weighted by atomic mass is 79.9. The van der Waals surface area contributed by atoms with Gasteiger partial charge in [0.25, 0.3) is 0 Å². The molecule has 0 amide bonds. The molecule has 0 aliphatic carbocycles. The normalized spacial score (nSPS) is 12.2. The Bertz CT molecular complexity index is 412. The van der Waals surface area contributed by atoms with Gasteiger partial charge >= 0.3 is 0 Å². The van der Waals surface area contributed by atoms with Crippen LogP contribution in [0.3, 0.4) is 0 Å². The van der Waals surface area contributed by atoms with Crippen LogP contribution in [0.2, 0.25) is 0 Å². The average molecular weight is 381 g/mol. The highest BCUT2D eigenvalue weighted by Gasteiger charge is 2.15. The largest absolute Gasteiger partial charge is 0.393 e. The molecular formula is C11H15Br2N3S. The van der Waals surface area contributed by atoms with Gasteiger partial charge in [0.2, 0.25) is 0 Å². The maximum Gasteiger partial charge on any atom is 0.142 e. The van der Waals surface area contributed by atoms with Gasteiger partial charge in [0.1, 0.15) is 5.82 Å². The van der Waals surface area contributed by atoms with Crippen molar-refractivity contribution >= 4 is 54.9 Å². The zero-order valence-corrected chi connectivity index (χ0v) is 13.8. The van der Waals surface area contributed by atoms with Gasteiger partial charge in [-0.25, -0.2) is 4.98 Å². The Morgan fingerprint density at radius 2 is 2.24 bits per heavy atom. The molecule has 1 heterocycles. The number of nitrogens with zero attached hydrogens (tertiary/aromatic N) is 2. The number of hydrogen-bond donors (Lipinski definition) is 1. The van der Waals surface area contributed by atoms with E-state index in [2.05, 4.69) is 48.7 Å². The lowest BCUT2D eigenvalue weighted by Crippen LogP contribution is -2.34. The summed E-state index contributed by atoms with van der Waals surface area (Å²) < 4.78 is 1.91. The second kappa shape index (κ2) is 6.66. The quantitative estimate of drug-likeness (QED) is 0.795. The first-order chi connectivity index (χ1) is 7.95. The van der Waals surface area contributed by atoms with E-state index in [1.54, 1.807) is 6.20 Å². The summed E-state index contributed by atoms with van der Waals surface area (Å²) in [7, 11) is 0. The van der Waals surface area contributed by atoms with Crippen LogP contribution in [0.4, 0.5) is 5.82 Å². The number of halogens is 2. The minimum atomic E-state index is 0.169. The van der Waals surface area contributed by atoms with Crippen LogP contribution in [-0.2, 0) is 0 Å². The topological polar surface area (TPSA) is 42.1 Å². The Labute approximate surface area is 124 Å². The maximum absolute atomic E-state index is 5.64. The number of nitrogens with two attached hydrogens (primary N) is 1. The third-order valence-corrected chi connectivity index (χ3v) is 3.87. The first-order valence-corrected chi connectivity index (χ1v) is 7.30. The van der Waals surface area contributed by atoms with Crippen molar-refractivity contribution in [3.63, 3.8) is 0 Å². The van der Waals surface area contributed by atoms with Crippen molar-refractivity contribution in [1.29, 1.82) is 0 Å². The minimum Gasteiger partial charge on any atom is -0.393 e. The van der Waals surface area contributed by atoms with E-state index in [0.29, 0.717) is 4.99 Å². The van der Waals surface area contributed by atoms with Crippen molar-refractivity contribution in [2.75, 3.05) is 18.0 Å². The first kappa shape index (κ1) is 14.9. The van der Waals surface area contributed by atoms with Crippen molar-refractivity contribution in [2.45, 2.75) is 13.8 Å². The summed E-state index contributed by atoms with van der Waals surface area (Å²) in [5.41, 5.74) is 5.64. The molecule has 0 radical (unpaired) electrons. The second-order valence-electron chi connectivity index (χ2n) is 3.80. The van der Waals surface area contributed by atoms with Crippen LogP contribution in [-0.4, -0.2) is 23.1 Å². The van der Waals surface area contributed by atoms with E-state index in [0.717, 1.165) is 27.9 Å². The Hall–Kier alpha value is -0.200. The lowest BCUT2D eigenvalue weighted by atomic mass is 10.1. The summed E-state index contributed by atoms with van der Waals surface area (Å²) in [5.74, 6) is 1.08. The lowest BCUT2D eigenvalue weighted by molar-refractivity contribution is 0.698. The SMILES string of the molecule is CCN(CC(C)C(N)=S)c1ncc(Br)cc1Br. The van der Waals surface area contributed by atoms with E-state index in [4.69, 9.17) is 18.0 Å². The van der Waals surface area contributed by atoms with E-state index in [1.165, 1.54) is 0 Å². The van der Waals surface area contributed by atoms with Gasteiger partial charge in [-0.2, -0.15) is 0 Å². The van der Waals surface area contributed by atoms with Gasteiger partial charge < -0.3 is 10.6 Å². The molecule has 1 rings (SSSR count). The van der Waals surface area contributed by atoms with Crippen LogP contribution in [0.15, 0.2) is 21.2 Å². The molecule has 0 saturated heterocycles. The Morgan fingerprint density at radius 1 is 1.59 bits per heavy atom. The Morgan fingerprint density at radius 3 is 2.71 bits per heavy atom. The maximum atomic E-state index is 5.64. The smallest absolute Gasteiger partial charge is 0.142 e. The molecule has 0 aromatic carbocycles. The highest BCUT2D eigenvalue weighted by Crippen LogP contribution is 2.27.